The lowest BCUT2D eigenvalue weighted by atomic mass is 9.68. The van der Waals surface area contributed by atoms with Crippen molar-refractivity contribution in [3.8, 4) is 0 Å². The Morgan fingerprint density at radius 1 is 1.43 bits per heavy atom. The average molecular weight is 196 g/mol. The molecule has 2 fully saturated rings. The molecule has 1 saturated carbocycles. The van der Waals surface area contributed by atoms with Crippen LogP contribution in [-0.4, -0.2) is 31.1 Å². The van der Waals surface area contributed by atoms with Crippen LogP contribution in [0.2, 0.25) is 0 Å². The highest BCUT2D eigenvalue weighted by atomic mass is 15.2. The molecule has 2 aliphatic rings. The Hall–Kier alpha value is -0.0800. The molecule has 0 radical (unpaired) electrons. The van der Waals surface area contributed by atoms with Crippen molar-refractivity contribution in [1.82, 2.24) is 4.90 Å². The number of hydrogen-bond acceptors (Lipinski definition) is 2. The fourth-order valence-electron chi connectivity index (χ4n) is 2.97. The molecule has 0 aromatic rings. The molecule has 2 N–H and O–H groups in total. The lowest BCUT2D eigenvalue weighted by Gasteiger charge is -2.43. The first-order valence-electron chi connectivity index (χ1n) is 6.20. The van der Waals surface area contributed by atoms with Gasteiger partial charge in [0.1, 0.15) is 0 Å². The maximum atomic E-state index is 5.89. The van der Waals surface area contributed by atoms with Crippen LogP contribution in [0.15, 0.2) is 0 Å². The highest BCUT2D eigenvalue weighted by Crippen LogP contribution is 2.41. The molecule has 82 valence electrons. The number of rotatable bonds is 4. The molecule has 1 heterocycles. The smallest absolute Gasteiger partial charge is 0.00502 e. The lowest BCUT2D eigenvalue weighted by molar-refractivity contribution is 0.0849. The summed E-state index contributed by atoms with van der Waals surface area (Å²) in [5.41, 5.74) is 6.40. The molecule has 0 spiro atoms. The number of nitrogens with zero attached hydrogens (tertiary/aromatic N) is 1. The van der Waals surface area contributed by atoms with Crippen molar-refractivity contribution in [2.45, 2.75) is 39.0 Å². The molecular formula is C12H24N2. The maximum Gasteiger partial charge on any atom is 0.00502 e. The second-order valence-corrected chi connectivity index (χ2v) is 5.36. The second kappa shape index (κ2) is 4.19. The zero-order chi connectivity index (χ0) is 10.0. The van der Waals surface area contributed by atoms with Gasteiger partial charge in [-0.2, -0.15) is 0 Å². The Labute approximate surface area is 87.8 Å². The van der Waals surface area contributed by atoms with Crippen molar-refractivity contribution < 1.29 is 0 Å². The van der Waals surface area contributed by atoms with E-state index < -0.39 is 0 Å². The molecule has 14 heavy (non-hydrogen) atoms. The Morgan fingerprint density at radius 3 is 2.64 bits per heavy atom. The van der Waals surface area contributed by atoms with E-state index in [1.807, 2.05) is 0 Å². The van der Waals surface area contributed by atoms with E-state index in [9.17, 15) is 0 Å². The molecule has 1 saturated heterocycles. The van der Waals surface area contributed by atoms with Crippen LogP contribution in [0.5, 0.6) is 0 Å². The van der Waals surface area contributed by atoms with E-state index in [-0.39, 0.29) is 0 Å². The predicted octanol–water partition coefficient (Wildman–Crippen LogP) is 1.85. The molecule has 1 unspecified atom stereocenters. The normalized spacial score (nSPS) is 31.7. The van der Waals surface area contributed by atoms with Crippen LogP contribution < -0.4 is 5.73 Å². The Balaban J connectivity index is 1.80. The molecule has 0 aromatic heterocycles. The summed E-state index contributed by atoms with van der Waals surface area (Å²) in [4.78, 5) is 2.65. The zero-order valence-corrected chi connectivity index (χ0v) is 9.47. The van der Waals surface area contributed by atoms with Crippen LogP contribution in [0.25, 0.3) is 0 Å². The van der Waals surface area contributed by atoms with Crippen LogP contribution in [0.3, 0.4) is 0 Å². The molecule has 0 amide bonds. The first kappa shape index (κ1) is 10.4. The van der Waals surface area contributed by atoms with Gasteiger partial charge in [-0.3, -0.25) is 0 Å². The van der Waals surface area contributed by atoms with Gasteiger partial charge >= 0.3 is 0 Å². The molecule has 1 aliphatic carbocycles. The minimum Gasteiger partial charge on any atom is -0.330 e. The molecule has 1 atom stereocenters. The first-order valence-corrected chi connectivity index (χ1v) is 6.20. The van der Waals surface area contributed by atoms with Crippen LogP contribution in [-0.2, 0) is 0 Å². The summed E-state index contributed by atoms with van der Waals surface area (Å²) in [6.07, 6.45) is 6.92. The monoisotopic (exact) mass is 196 g/mol. The average Bonchev–Trinajstić information content (AvgIpc) is 2.59. The van der Waals surface area contributed by atoms with Crippen LogP contribution in [0, 0.1) is 11.3 Å². The van der Waals surface area contributed by atoms with Gasteiger partial charge in [0, 0.05) is 13.1 Å². The molecular weight excluding hydrogens is 172 g/mol. The third-order valence-electron chi connectivity index (χ3n) is 4.35. The molecule has 0 aromatic carbocycles. The summed E-state index contributed by atoms with van der Waals surface area (Å²) in [7, 11) is 0. The summed E-state index contributed by atoms with van der Waals surface area (Å²) >= 11 is 0. The lowest BCUT2D eigenvalue weighted by Crippen LogP contribution is -2.46. The zero-order valence-electron chi connectivity index (χ0n) is 9.47. The first-order chi connectivity index (χ1) is 6.78. The van der Waals surface area contributed by atoms with E-state index >= 15 is 0 Å². The van der Waals surface area contributed by atoms with Gasteiger partial charge in [0.25, 0.3) is 0 Å². The quantitative estimate of drug-likeness (QED) is 0.743. The summed E-state index contributed by atoms with van der Waals surface area (Å²) in [5, 5.41) is 0. The van der Waals surface area contributed by atoms with Crippen molar-refractivity contribution in [2.24, 2.45) is 17.1 Å². The summed E-state index contributed by atoms with van der Waals surface area (Å²) in [6.45, 7) is 7.15. The van der Waals surface area contributed by atoms with Crippen LogP contribution in [0.4, 0.5) is 0 Å². The second-order valence-electron chi connectivity index (χ2n) is 5.36. The maximum absolute atomic E-state index is 5.89. The van der Waals surface area contributed by atoms with Crippen LogP contribution in [0.1, 0.15) is 39.0 Å². The largest absolute Gasteiger partial charge is 0.330 e. The van der Waals surface area contributed by atoms with E-state index in [1.165, 1.54) is 51.7 Å². The standard InChI is InChI=1S/C12H24N2/c1-2-11-4-7-14(8-11)10-12(9-13)5-3-6-12/h11H,2-10,13H2,1H3. The molecule has 0 bridgehead atoms. The number of hydrogen-bond donors (Lipinski definition) is 1. The van der Waals surface area contributed by atoms with Crippen LogP contribution >= 0.6 is 0 Å². The Morgan fingerprint density at radius 2 is 2.21 bits per heavy atom. The minimum atomic E-state index is 0.516. The molecule has 2 nitrogen and oxygen atoms in total. The van der Waals surface area contributed by atoms with E-state index in [4.69, 9.17) is 5.73 Å². The van der Waals surface area contributed by atoms with Gasteiger partial charge in [0.05, 0.1) is 0 Å². The van der Waals surface area contributed by atoms with E-state index in [2.05, 4.69) is 11.8 Å². The molecule has 2 rings (SSSR count). The van der Waals surface area contributed by atoms with Gasteiger partial charge in [-0.15, -0.1) is 0 Å². The minimum absolute atomic E-state index is 0.516. The van der Waals surface area contributed by atoms with Crippen molar-refractivity contribution in [2.75, 3.05) is 26.2 Å². The summed E-state index contributed by atoms with van der Waals surface area (Å²) in [5.74, 6) is 0.963. The topological polar surface area (TPSA) is 29.3 Å². The fourth-order valence-corrected chi connectivity index (χ4v) is 2.97. The van der Waals surface area contributed by atoms with Gasteiger partial charge in [0.2, 0.25) is 0 Å². The Kier molecular flexibility index (Phi) is 3.13. The molecule has 2 heteroatoms. The number of likely N-dealkylation sites (tertiary alicyclic amines) is 1. The third kappa shape index (κ3) is 1.96. The SMILES string of the molecule is CCC1CCN(CC2(CN)CCC2)C1. The molecule has 1 aliphatic heterocycles. The van der Waals surface area contributed by atoms with E-state index in [0.29, 0.717) is 5.41 Å². The van der Waals surface area contributed by atoms with Gasteiger partial charge in [-0.25, -0.2) is 0 Å². The van der Waals surface area contributed by atoms with Gasteiger partial charge < -0.3 is 10.6 Å². The third-order valence-corrected chi connectivity index (χ3v) is 4.35. The van der Waals surface area contributed by atoms with E-state index in [1.54, 1.807) is 0 Å². The van der Waals surface area contributed by atoms with Gasteiger partial charge in [-0.05, 0) is 43.7 Å². The Bertz CT molecular complexity index is 181. The van der Waals surface area contributed by atoms with Gasteiger partial charge in [-0.1, -0.05) is 19.8 Å². The van der Waals surface area contributed by atoms with Crippen molar-refractivity contribution in [3.63, 3.8) is 0 Å². The van der Waals surface area contributed by atoms with E-state index in [0.717, 1.165) is 12.5 Å². The highest BCUT2D eigenvalue weighted by molar-refractivity contribution is 4.92. The number of nitrogens with two attached hydrogens (primary N) is 1. The fraction of sp³-hybridized carbons (Fsp3) is 1.00. The van der Waals surface area contributed by atoms with Crippen molar-refractivity contribution in [3.05, 3.63) is 0 Å². The highest BCUT2D eigenvalue weighted by Gasteiger charge is 2.38. The summed E-state index contributed by atoms with van der Waals surface area (Å²) < 4.78 is 0. The van der Waals surface area contributed by atoms with Gasteiger partial charge in [0.15, 0.2) is 0 Å². The van der Waals surface area contributed by atoms with Crippen molar-refractivity contribution in [1.29, 1.82) is 0 Å². The summed E-state index contributed by atoms with van der Waals surface area (Å²) in [6, 6.07) is 0. The predicted molar refractivity (Wildman–Crippen MR) is 60.2 cm³/mol. The van der Waals surface area contributed by atoms with Crippen molar-refractivity contribution >= 4 is 0 Å².